The van der Waals surface area contributed by atoms with Gasteiger partial charge in [-0.15, -0.1) is 0 Å². The van der Waals surface area contributed by atoms with Crippen molar-refractivity contribution in [2.45, 2.75) is 62.0 Å². The molecule has 2 heterocycles. The van der Waals surface area contributed by atoms with Crippen LogP contribution in [-0.4, -0.2) is 99.0 Å². The first-order valence-corrected chi connectivity index (χ1v) is 11.2. The lowest BCUT2D eigenvalue weighted by Gasteiger charge is -2.43. The van der Waals surface area contributed by atoms with Crippen LogP contribution in [-0.2, 0) is 18.9 Å². The molecule has 0 spiro atoms. The number of carbonyl (C=O) groups excluding carboxylic acids is 1. The van der Waals surface area contributed by atoms with Crippen molar-refractivity contribution < 1.29 is 59.1 Å². The van der Waals surface area contributed by atoms with Crippen LogP contribution >= 0.6 is 0 Å². The summed E-state index contributed by atoms with van der Waals surface area (Å²) in [5.74, 6) is -2.00. The third-order valence-corrected chi connectivity index (χ3v) is 6.77. The van der Waals surface area contributed by atoms with E-state index in [1.165, 1.54) is 38.5 Å². The molecule has 0 bridgehead atoms. The minimum atomic E-state index is -1.65. The summed E-state index contributed by atoms with van der Waals surface area (Å²) in [5, 5.41) is 60.6. The maximum atomic E-state index is 12.8. The van der Waals surface area contributed by atoms with Crippen molar-refractivity contribution in [2.75, 3.05) is 13.7 Å². The molecule has 2 fully saturated rings. The highest BCUT2D eigenvalue weighted by Crippen LogP contribution is 2.48. The Bertz CT molecular complexity index is 946. The second-order valence-corrected chi connectivity index (χ2v) is 9.16. The second-order valence-electron chi connectivity index (χ2n) is 9.16. The lowest BCUT2D eigenvalue weighted by Crippen LogP contribution is -2.60. The first kappa shape index (κ1) is 25.6. The van der Waals surface area contributed by atoms with E-state index in [4.69, 9.17) is 23.7 Å². The number of aliphatic hydroxyl groups is 5. The number of rotatable bonds is 6. The molecule has 6 N–H and O–H groups in total. The van der Waals surface area contributed by atoms with Crippen LogP contribution in [0.25, 0.3) is 0 Å². The van der Waals surface area contributed by atoms with Crippen molar-refractivity contribution in [3.63, 3.8) is 0 Å². The molecule has 0 radical (unpaired) electrons. The molecule has 0 unspecified atom stereocenters. The predicted molar refractivity (Wildman–Crippen MR) is 115 cm³/mol. The maximum Gasteiger partial charge on any atom is 0.338 e. The van der Waals surface area contributed by atoms with E-state index in [2.05, 4.69) is 0 Å². The number of benzene rings is 1. The van der Waals surface area contributed by atoms with Gasteiger partial charge in [0, 0.05) is 12.3 Å². The fourth-order valence-electron chi connectivity index (χ4n) is 4.90. The van der Waals surface area contributed by atoms with Gasteiger partial charge < -0.3 is 54.3 Å². The summed E-state index contributed by atoms with van der Waals surface area (Å²) < 4.78 is 27.4. The largest absolute Gasteiger partial charge is 0.504 e. The smallest absolute Gasteiger partial charge is 0.338 e. The number of fused-ring (bicyclic) bond motifs is 1. The second kappa shape index (κ2) is 9.90. The zero-order valence-electron chi connectivity index (χ0n) is 19.1. The van der Waals surface area contributed by atoms with Gasteiger partial charge in [-0.2, -0.15) is 0 Å². The topological polar surface area (TPSA) is 185 Å². The van der Waals surface area contributed by atoms with Crippen LogP contribution in [0.5, 0.6) is 11.5 Å². The number of esters is 1. The van der Waals surface area contributed by atoms with Crippen molar-refractivity contribution in [2.24, 2.45) is 11.8 Å². The van der Waals surface area contributed by atoms with Crippen LogP contribution in [0.2, 0.25) is 0 Å². The summed E-state index contributed by atoms with van der Waals surface area (Å²) in [5.41, 5.74) is -1.28. The molecule has 35 heavy (non-hydrogen) atoms. The van der Waals surface area contributed by atoms with Crippen molar-refractivity contribution in [3.05, 3.63) is 36.1 Å². The summed E-state index contributed by atoms with van der Waals surface area (Å²) in [6, 6.07) is 4.03. The van der Waals surface area contributed by atoms with Crippen LogP contribution in [0.15, 0.2) is 30.5 Å². The van der Waals surface area contributed by atoms with Gasteiger partial charge in [0.05, 0.1) is 37.1 Å². The van der Waals surface area contributed by atoms with Gasteiger partial charge in [-0.1, -0.05) is 0 Å². The van der Waals surface area contributed by atoms with Crippen molar-refractivity contribution in [1.82, 2.24) is 0 Å². The summed E-state index contributed by atoms with van der Waals surface area (Å²) in [7, 11) is 1.35. The Kier molecular flexibility index (Phi) is 7.25. The third-order valence-electron chi connectivity index (χ3n) is 6.77. The standard InChI is InChI=1S/C23H30O12/c1-23(30)8-14(33-20(29)10-3-4-12(25)13(7-10)31-2)11-5-6-32-21(16(11)23)35-22-19(28)18(27)17(26)15(9-24)34-22/h3-7,11,14-19,21-22,24-28,30H,8-9H2,1-2H3/t11-,14+,15+,16+,17+,18-,19+,21-,22-,23-/m0/s1. The van der Waals surface area contributed by atoms with Gasteiger partial charge in [-0.25, -0.2) is 4.79 Å². The van der Waals surface area contributed by atoms with Crippen LogP contribution in [0.1, 0.15) is 23.7 Å². The highest BCUT2D eigenvalue weighted by Gasteiger charge is 2.58. The Morgan fingerprint density at radius 3 is 2.60 bits per heavy atom. The van der Waals surface area contributed by atoms with Crippen molar-refractivity contribution in [3.8, 4) is 11.5 Å². The number of ether oxygens (including phenoxy) is 5. The summed E-state index contributed by atoms with van der Waals surface area (Å²) in [4.78, 5) is 12.8. The summed E-state index contributed by atoms with van der Waals surface area (Å²) >= 11 is 0. The van der Waals surface area contributed by atoms with Gasteiger partial charge in [-0.3, -0.25) is 0 Å². The average Bonchev–Trinajstić information content (AvgIpc) is 3.09. The molecule has 12 nitrogen and oxygen atoms in total. The van der Waals surface area contributed by atoms with E-state index in [0.717, 1.165) is 0 Å². The van der Waals surface area contributed by atoms with Gasteiger partial charge in [0.2, 0.25) is 6.29 Å². The molecule has 4 rings (SSSR count). The zero-order chi connectivity index (χ0) is 25.5. The van der Waals surface area contributed by atoms with Crippen molar-refractivity contribution >= 4 is 5.97 Å². The maximum absolute atomic E-state index is 12.8. The number of hydrogen-bond acceptors (Lipinski definition) is 12. The van der Waals surface area contributed by atoms with E-state index in [9.17, 15) is 35.4 Å². The van der Waals surface area contributed by atoms with Crippen LogP contribution in [0, 0.1) is 11.8 Å². The summed E-state index contributed by atoms with van der Waals surface area (Å²) in [6.45, 7) is 0.911. The molecule has 1 saturated heterocycles. The quantitative estimate of drug-likeness (QED) is 0.263. The number of phenols is 1. The monoisotopic (exact) mass is 498 g/mol. The first-order valence-electron chi connectivity index (χ1n) is 11.2. The molecule has 1 aliphatic carbocycles. The zero-order valence-corrected chi connectivity index (χ0v) is 19.1. The molecule has 0 aromatic heterocycles. The van der Waals surface area contributed by atoms with Gasteiger partial charge >= 0.3 is 5.97 Å². The van der Waals surface area contributed by atoms with Crippen LogP contribution in [0.3, 0.4) is 0 Å². The highest BCUT2D eigenvalue weighted by molar-refractivity contribution is 5.90. The van der Waals surface area contributed by atoms with E-state index in [1.54, 1.807) is 6.08 Å². The van der Waals surface area contributed by atoms with E-state index < -0.39 is 73.1 Å². The van der Waals surface area contributed by atoms with Gasteiger partial charge in [-0.05, 0) is 31.2 Å². The molecule has 0 amide bonds. The Labute approximate surface area is 200 Å². The van der Waals surface area contributed by atoms with Gasteiger partial charge in [0.15, 0.2) is 17.8 Å². The first-order chi connectivity index (χ1) is 16.6. The Balaban J connectivity index is 1.50. The van der Waals surface area contributed by atoms with Crippen LogP contribution in [0.4, 0.5) is 0 Å². The van der Waals surface area contributed by atoms with E-state index in [1.807, 2.05) is 0 Å². The molecule has 10 atom stereocenters. The number of phenolic OH excluding ortho intramolecular Hbond substituents is 1. The molecule has 12 heteroatoms. The number of aromatic hydroxyl groups is 1. The SMILES string of the molecule is COc1cc(C(=O)O[C@@H]2C[C@](C)(O)[C@H]3[C@H](O[C@@H]4O[C@H](CO)[C@@H](O)[C@H](O)[C@H]4O)OC=C[C@H]32)ccc1O. The van der Waals surface area contributed by atoms with Crippen LogP contribution < -0.4 is 4.74 Å². The number of hydrogen-bond donors (Lipinski definition) is 6. The Hall–Kier alpha value is -2.45. The fourth-order valence-corrected chi connectivity index (χ4v) is 4.90. The van der Waals surface area contributed by atoms with Gasteiger partial charge in [0.1, 0.15) is 30.5 Å². The third kappa shape index (κ3) is 4.83. The molecular weight excluding hydrogens is 468 g/mol. The minimum Gasteiger partial charge on any atom is -0.504 e. The molecule has 1 saturated carbocycles. The van der Waals surface area contributed by atoms with E-state index >= 15 is 0 Å². The highest BCUT2D eigenvalue weighted by atomic mass is 16.8. The Morgan fingerprint density at radius 1 is 1.17 bits per heavy atom. The molecular formula is C23H30O12. The lowest BCUT2D eigenvalue weighted by atomic mass is 9.85. The van der Waals surface area contributed by atoms with Crippen molar-refractivity contribution in [1.29, 1.82) is 0 Å². The number of carbonyl (C=O) groups is 1. The summed E-state index contributed by atoms with van der Waals surface area (Å²) in [6.07, 6.45) is -6.40. The average molecular weight is 498 g/mol. The molecule has 1 aromatic rings. The number of aliphatic hydroxyl groups excluding tert-OH is 4. The fraction of sp³-hybridized carbons (Fsp3) is 0.609. The molecule has 1 aromatic carbocycles. The Morgan fingerprint density at radius 2 is 1.91 bits per heavy atom. The van der Waals surface area contributed by atoms with Gasteiger partial charge in [0.25, 0.3) is 0 Å². The number of methoxy groups -OCH3 is 1. The minimum absolute atomic E-state index is 0.0472. The van der Waals surface area contributed by atoms with E-state index in [0.29, 0.717) is 0 Å². The molecule has 3 aliphatic rings. The molecule has 194 valence electrons. The lowest BCUT2D eigenvalue weighted by molar-refractivity contribution is -0.346. The molecule has 2 aliphatic heterocycles. The normalized spacial score (nSPS) is 40.6. The predicted octanol–water partition coefficient (Wildman–Crippen LogP) is -1.00. The van der Waals surface area contributed by atoms with E-state index in [-0.39, 0.29) is 23.5 Å².